The monoisotopic (exact) mass is 476 g/mol. The summed E-state index contributed by atoms with van der Waals surface area (Å²) in [6, 6.07) is 7.15. The molecular formula is C27H28F4O3. The molecule has 2 saturated carbocycles. The Morgan fingerprint density at radius 3 is 2.44 bits per heavy atom. The predicted octanol–water partition coefficient (Wildman–Crippen LogP) is 7.66. The van der Waals surface area contributed by atoms with Crippen molar-refractivity contribution >= 4 is 5.97 Å². The van der Waals surface area contributed by atoms with Gasteiger partial charge in [-0.05, 0) is 98.9 Å². The van der Waals surface area contributed by atoms with Crippen molar-refractivity contribution in [2.45, 2.75) is 58.0 Å². The maximum Gasteiger partial charge on any atom is 0.387 e. The van der Waals surface area contributed by atoms with Crippen LogP contribution in [0.5, 0.6) is 11.5 Å². The number of alkyl halides is 2. The van der Waals surface area contributed by atoms with Crippen molar-refractivity contribution in [3.8, 4) is 11.5 Å². The van der Waals surface area contributed by atoms with Crippen LogP contribution in [-0.2, 0) is 0 Å². The van der Waals surface area contributed by atoms with E-state index in [2.05, 4.69) is 23.8 Å². The van der Waals surface area contributed by atoms with Crippen LogP contribution in [0.4, 0.5) is 17.6 Å². The molecule has 4 atom stereocenters. The van der Waals surface area contributed by atoms with Crippen LogP contribution in [0.25, 0.3) is 0 Å². The van der Waals surface area contributed by atoms with Crippen LogP contribution < -0.4 is 9.47 Å². The summed E-state index contributed by atoms with van der Waals surface area (Å²) >= 11 is 0. The number of hydrogen-bond acceptors (Lipinski definition) is 3. The third-order valence-electron chi connectivity index (χ3n) is 7.12. The molecule has 0 amide bonds. The molecule has 3 nitrogen and oxygen atoms in total. The SMILES string of the molecule is C/C=C/C1CCC2CC(c3ccc(C(=O)Oc4ccc(OC(F)F)c(F)c4)cc3F)CCC2C1. The number of halogens is 4. The van der Waals surface area contributed by atoms with Crippen molar-refractivity contribution < 1.29 is 31.8 Å². The minimum absolute atomic E-state index is 0.00453. The molecule has 2 aliphatic rings. The van der Waals surface area contributed by atoms with E-state index in [4.69, 9.17) is 4.74 Å². The molecule has 4 unspecified atom stereocenters. The summed E-state index contributed by atoms with van der Waals surface area (Å²) in [7, 11) is 0. The quantitative estimate of drug-likeness (QED) is 0.186. The molecule has 34 heavy (non-hydrogen) atoms. The van der Waals surface area contributed by atoms with E-state index < -0.39 is 30.0 Å². The van der Waals surface area contributed by atoms with Gasteiger partial charge >= 0.3 is 12.6 Å². The number of ether oxygens (including phenoxy) is 2. The second-order valence-corrected chi connectivity index (χ2v) is 9.23. The van der Waals surface area contributed by atoms with E-state index in [0.29, 0.717) is 23.3 Å². The Morgan fingerprint density at radius 1 is 0.971 bits per heavy atom. The highest BCUT2D eigenvalue weighted by Gasteiger charge is 2.36. The lowest BCUT2D eigenvalue weighted by molar-refractivity contribution is -0.0522. The van der Waals surface area contributed by atoms with Gasteiger partial charge in [-0.2, -0.15) is 8.78 Å². The standard InChI is InChI=1S/C27H28F4O3/c1-2-3-16-4-5-18-13-19(7-6-17(18)12-16)22-10-8-20(14-23(22)28)26(32)33-21-9-11-25(24(29)15-21)34-27(30)31/h2-3,8-11,14-19,27H,4-7,12-13H2,1H3/b3-2+. The zero-order valence-corrected chi connectivity index (χ0v) is 19.0. The molecule has 2 fully saturated rings. The number of esters is 1. The molecule has 0 saturated heterocycles. The smallest absolute Gasteiger partial charge is 0.387 e. The number of carbonyl (C=O) groups excluding carboxylic acids is 1. The van der Waals surface area contributed by atoms with E-state index in [1.54, 1.807) is 6.07 Å². The minimum atomic E-state index is -3.17. The average Bonchev–Trinajstić information content (AvgIpc) is 2.80. The number of benzene rings is 2. The van der Waals surface area contributed by atoms with Crippen molar-refractivity contribution in [2.75, 3.05) is 0 Å². The van der Waals surface area contributed by atoms with Gasteiger partial charge in [0.2, 0.25) is 0 Å². The van der Waals surface area contributed by atoms with E-state index in [-0.39, 0.29) is 17.2 Å². The summed E-state index contributed by atoms with van der Waals surface area (Å²) in [6.07, 6.45) is 11.0. The Hall–Kier alpha value is -2.83. The minimum Gasteiger partial charge on any atom is -0.432 e. The molecule has 0 aliphatic heterocycles. The number of hydrogen-bond donors (Lipinski definition) is 0. The first-order valence-electron chi connectivity index (χ1n) is 11.7. The van der Waals surface area contributed by atoms with Crippen LogP contribution in [-0.4, -0.2) is 12.6 Å². The van der Waals surface area contributed by atoms with E-state index in [1.807, 2.05) is 0 Å². The molecule has 0 radical (unpaired) electrons. The Morgan fingerprint density at radius 2 is 1.74 bits per heavy atom. The number of rotatable bonds is 6. The van der Waals surface area contributed by atoms with Gasteiger partial charge in [0.05, 0.1) is 5.56 Å². The third kappa shape index (κ3) is 5.62. The van der Waals surface area contributed by atoms with Gasteiger partial charge in [-0.25, -0.2) is 13.6 Å². The molecular weight excluding hydrogens is 448 g/mol. The number of fused-ring (bicyclic) bond motifs is 1. The Labute approximate surface area is 196 Å². The zero-order valence-electron chi connectivity index (χ0n) is 19.0. The summed E-state index contributed by atoms with van der Waals surface area (Å²) in [4.78, 5) is 12.4. The molecule has 182 valence electrons. The fourth-order valence-electron chi connectivity index (χ4n) is 5.54. The van der Waals surface area contributed by atoms with E-state index in [0.717, 1.165) is 43.5 Å². The normalized spacial score (nSPS) is 24.8. The molecule has 7 heteroatoms. The molecule has 0 aromatic heterocycles. The Kier molecular flexibility index (Phi) is 7.59. The predicted molar refractivity (Wildman–Crippen MR) is 120 cm³/mol. The maximum absolute atomic E-state index is 15.0. The topological polar surface area (TPSA) is 35.5 Å². The summed E-state index contributed by atoms with van der Waals surface area (Å²) in [5, 5.41) is 0. The van der Waals surface area contributed by atoms with Crippen molar-refractivity contribution in [3.63, 3.8) is 0 Å². The third-order valence-corrected chi connectivity index (χ3v) is 7.12. The number of carbonyl (C=O) groups is 1. The number of allylic oxidation sites excluding steroid dienone is 2. The lowest BCUT2D eigenvalue weighted by Gasteiger charge is -2.41. The van der Waals surface area contributed by atoms with E-state index in [1.165, 1.54) is 25.3 Å². The lowest BCUT2D eigenvalue weighted by Crippen LogP contribution is -2.30. The van der Waals surface area contributed by atoms with Gasteiger partial charge in [0.15, 0.2) is 11.6 Å². The molecule has 0 bridgehead atoms. The first-order valence-corrected chi connectivity index (χ1v) is 11.7. The van der Waals surface area contributed by atoms with Gasteiger partial charge in [-0.15, -0.1) is 0 Å². The highest BCUT2D eigenvalue weighted by molar-refractivity contribution is 5.91. The molecule has 2 aliphatic carbocycles. The first-order chi connectivity index (χ1) is 16.3. The summed E-state index contributed by atoms with van der Waals surface area (Å²) < 4.78 is 62.5. The van der Waals surface area contributed by atoms with E-state index >= 15 is 0 Å². The van der Waals surface area contributed by atoms with Gasteiger partial charge in [0.25, 0.3) is 0 Å². The van der Waals surface area contributed by atoms with Gasteiger partial charge in [-0.3, -0.25) is 0 Å². The van der Waals surface area contributed by atoms with Crippen LogP contribution in [0.2, 0.25) is 0 Å². The van der Waals surface area contributed by atoms with Crippen molar-refractivity contribution in [2.24, 2.45) is 17.8 Å². The second kappa shape index (κ2) is 10.6. The summed E-state index contributed by atoms with van der Waals surface area (Å²) in [5.74, 6) is -1.17. The fourth-order valence-corrected chi connectivity index (χ4v) is 5.54. The fraction of sp³-hybridized carbons (Fsp3) is 0.444. The van der Waals surface area contributed by atoms with Crippen molar-refractivity contribution in [1.82, 2.24) is 0 Å². The summed E-state index contributed by atoms with van der Waals surface area (Å²) in [6.45, 7) is -1.11. The molecule has 0 heterocycles. The molecule has 0 N–H and O–H groups in total. The Bertz CT molecular complexity index is 1050. The van der Waals surface area contributed by atoms with Crippen LogP contribution >= 0.6 is 0 Å². The molecule has 0 spiro atoms. The van der Waals surface area contributed by atoms with Crippen molar-refractivity contribution in [1.29, 1.82) is 0 Å². The molecule has 4 rings (SSSR count). The average molecular weight is 477 g/mol. The van der Waals surface area contributed by atoms with Gasteiger partial charge in [0, 0.05) is 6.07 Å². The maximum atomic E-state index is 15.0. The highest BCUT2D eigenvalue weighted by atomic mass is 19.3. The summed E-state index contributed by atoms with van der Waals surface area (Å²) in [5.41, 5.74) is 0.611. The lowest BCUT2D eigenvalue weighted by atomic mass is 9.64. The van der Waals surface area contributed by atoms with Crippen molar-refractivity contribution in [3.05, 3.63) is 71.3 Å². The van der Waals surface area contributed by atoms with E-state index in [9.17, 15) is 22.4 Å². The second-order valence-electron chi connectivity index (χ2n) is 9.23. The largest absolute Gasteiger partial charge is 0.432 e. The van der Waals surface area contributed by atoms with Crippen LogP contribution in [0.15, 0.2) is 48.6 Å². The van der Waals surface area contributed by atoms with Crippen LogP contribution in [0, 0.1) is 29.4 Å². The molecule has 2 aromatic rings. The molecule has 2 aromatic carbocycles. The van der Waals surface area contributed by atoms with Gasteiger partial charge in [0.1, 0.15) is 11.6 Å². The van der Waals surface area contributed by atoms with Gasteiger partial charge < -0.3 is 9.47 Å². The first kappa shape index (κ1) is 24.3. The van der Waals surface area contributed by atoms with Gasteiger partial charge in [-0.1, -0.05) is 18.2 Å². The zero-order chi connectivity index (χ0) is 24.2. The highest BCUT2D eigenvalue weighted by Crippen LogP contribution is 2.48. The van der Waals surface area contributed by atoms with Crippen LogP contribution in [0.1, 0.15) is 67.3 Å². The Balaban J connectivity index is 1.39. The van der Waals surface area contributed by atoms with Crippen LogP contribution in [0.3, 0.4) is 0 Å².